The molecule has 0 aromatic heterocycles. The fourth-order valence-corrected chi connectivity index (χ4v) is 3.54. The number of rotatable bonds is 5. The number of amides is 2. The maximum Gasteiger partial charge on any atom is 0.321 e. The molecule has 0 saturated carbocycles. The summed E-state index contributed by atoms with van der Waals surface area (Å²) in [6.07, 6.45) is 2.76. The SMILES string of the molecule is CN(CCCO)C1CCN(C(=O)Nc2cccc3ccccc23)CC1. The van der Waals surface area contributed by atoms with E-state index in [4.69, 9.17) is 5.11 Å². The molecule has 2 amide bonds. The van der Waals surface area contributed by atoms with Gasteiger partial charge in [0.25, 0.3) is 0 Å². The Bertz CT molecular complexity index is 706. The van der Waals surface area contributed by atoms with E-state index in [2.05, 4.69) is 29.4 Å². The van der Waals surface area contributed by atoms with Crippen molar-refractivity contribution < 1.29 is 9.90 Å². The third-order valence-electron chi connectivity index (χ3n) is 5.08. The van der Waals surface area contributed by atoms with Crippen molar-refractivity contribution in [2.75, 3.05) is 38.6 Å². The normalized spacial score (nSPS) is 15.7. The smallest absolute Gasteiger partial charge is 0.321 e. The highest BCUT2D eigenvalue weighted by Crippen LogP contribution is 2.24. The third kappa shape index (κ3) is 4.30. The van der Waals surface area contributed by atoms with Crippen LogP contribution < -0.4 is 5.32 Å². The highest BCUT2D eigenvalue weighted by molar-refractivity contribution is 6.01. The molecule has 1 saturated heterocycles. The molecule has 0 bridgehead atoms. The Kier molecular flexibility index (Phi) is 5.89. The van der Waals surface area contributed by atoms with Crippen LogP contribution in [-0.2, 0) is 0 Å². The first kappa shape index (κ1) is 17.7. The Morgan fingerprint density at radius 1 is 1.20 bits per heavy atom. The molecule has 1 aliphatic heterocycles. The number of nitrogens with one attached hydrogen (secondary N) is 1. The number of piperidine rings is 1. The number of carbonyl (C=O) groups is 1. The maximum absolute atomic E-state index is 12.6. The third-order valence-corrected chi connectivity index (χ3v) is 5.08. The molecule has 1 fully saturated rings. The number of fused-ring (bicyclic) bond motifs is 1. The number of aliphatic hydroxyl groups is 1. The first-order valence-electron chi connectivity index (χ1n) is 9.04. The Morgan fingerprint density at radius 2 is 1.92 bits per heavy atom. The summed E-state index contributed by atoms with van der Waals surface area (Å²) in [5.74, 6) is 0. The Hall–Kier alpha value is -2.11. The summed E-state index contributed by atoms with van der Waals surface area (Å²) in [6.45, 7) is 2.68. The molecule has 5 heteroatoms. The molecule has 3 rings (SSSR count). The van der Waals surface area contributed by atoms with Gasteiger partial charge in [-0.3, -0.25) is 0 Å². The van der Waals surface area contributed by atoms with Crippen molar-refractivity contribution in [3.8, 4) is 0 Å². The van der Waals surface area contributed by atoms with Crippen LogP contribution in [0.3, 0.4) is 0 Å². The van der Waals surface area contributed by atoms with Crippen molar-refractivity contribution >= 4 is 22.5 Å². The minimum absolute atomic E-state index is 0.0205. The van der Waals surface area contributed by atoms with Crippen molar-refractivity contribution in [3.63, 3.8) is 0 Å². The van der Waals surface area contributed by atoms with Gasteiger partial charge in [-0.2, -0.15) is 0 Å². The molecule has 0 aliphatic carbocycles. The molecule has 2 aromatic rings. The predicted octanol–water partition coefficient (Wildman–Crippen LogP) is 3.15. The van der Waals surface area contributed by atoms with Crippen LogP contribution in [0.1, 0.15) is 19.3 Å². The van der Waals surface area contributed by atoms with Gasteiger partial charge in [0.1, 0.15) is 0 Å². The molecule has 0 radical (unpaired) electrons. The average Bonchev–Trinajstić information content (AvgIpc) is 2.66. The van der Waals surface area contributed by atoms with Crippen LogP contribution in [0.4, 0.5) is 10.5 Å². The van der Waals surface area contributed by atoms with Crippen molar-refractivity contribution in [3.05, 3.63) is 42.5 Å². The van der Waals surface area contributed by atoms with Gasteiger partial charge in [-0.1, -0.05) is 36.4 Å². The van der Waals surface area contributed by atoms with Crippen LogP contribution in [0.15, 0.2) is 42.5 Å². The fraction of sp³-hybridized carbons (Fsp3) is 0.450. The number of hydrogen-bond acceptors (Lipinski definition) is 3. The van der Waals surface area contributed by atoms with Gasteiger partial charge in [-0.25, -0.2) is 4.79 Å². The predicted molar refractivity (Wildman–Crippen MR) is 102 cm³/mol. The fourth-order valence-electron chi connectivity index (χ4n) is 3.54. The molecule has 0 spiro atoms. The molecule has 5 nitrogen and oxygen atoms in total. The largest absolute Gasteiger partial charge is 0.396 e. The molecule has 1 aliphatic rings. The second-order valence-corrected chi connectivity index (χ2v) is 6.73. The van der Waals surface area contributed by atoms with Crippen LogP contribution in [0, 0.1) is 0 Å². The lowest BCUT2D eigenvalue weighted by molar-refractivity contribution is 0.134. The number of aliphatic hydroxyl groups excluding tert-OH is 1. The zero-order chi connectivity index (χ0) is 17.6. The minimum atomic E-state index is -0.0205. The second-order valence-electron chi connectivity index (χ2n) is 6.73. The number of anilines is 1. The highest BCUT2D eigenvalue weighted by Gasteiger charge is 2.25. The van der Waals surface area contributed by atoms with Gasteiger partial charge >= 0.3 is 6.03 Å². The highest BCUT2D eigenvalue weighted by atomic mass is 16.3. The van der Waals surface area contributed by atoms with E-state index in [1.165, 1.54) is 0 Å². The van der Waals surface area contributed by atoms with Crippen molar-refractivity contribution in [2.45, 2.75) is 25.3 Å². The van der Waals surface area contributed by atoms with E-state index >= 15 is 0 Å². The first-order chi connectivity index (χ1) is 12.2. The van der Waals surface area contributed by atoms with Crippen LogP contribution in [-0.4, -0.2) is 60.3 Å². The number of carbonyl (C=O) groups excluding carboxylic acids is 1. The number of nitrogens with zero attached hydrogens (tertiary/aromatic N) is 2. The Morgan fingerprint density at radius 3 is 2.68 bits per heavy atom. The van der Waals surface area contributed by atoms with Crippen molar-refractivity contribution in [2.24, 2.45) is 0 Å². The number of likely N-dealkylation sites (tertiary alicyclic amines) is 1. The zero-order valence-corrected chi connectivity index (χ0v) is 14.8. The van der Waals surface area contributed by atoms with E-state index in [0.29, 0.717) is 6.04 Å². The lowest BCUT2D eigenvalue weighted by atomic mass is 10.0. The van der Waals surface area contributed by atoms with Crippen LogP contribution in [0.2, 0.25) is 0 Å². The van der Waals surface area contributed by atoms with Gasteiger partial charge in [-0.15, -0.1) is 0 Å². The summed E-state index contributed by atoms with van der Waals surface area (Å²) in [7, 11) is 2.10. The van der Waals surface area contributed by atoms with E-state index in [1.54, 1.807) is 0 Å². The van der Waals surface area contributed by atoms with Gasteiger partial charge in [-0.05, 0) is 37.8 Å². The molecule has 134 valence electrons. The van der Waals surface area contributed by atoms with Gasteiger partial charge < -0.3 is 20.2 Å². The average molecular weight is 341 g/mol. The van der Waals surface area contributed by atoms with Crippen molar-refractivity contribution in [1.29, 1.82) is 0 Å². The molecule has 25 heavy (non-hydrogen) atoms. The topological polar surface area (TPSA) is 55.8 Å². The van der Waals surface area contributed by atoms with Crippen LogP contribution in [0.25, 0.3) is 10.8 Å². The zero-order valence-electron chi connectivity index (χ0n) is 14.8. The van der Waals surface area contributed by atoms with Crippen LogP contribution >= 0.6 is 0 Å². The molecule has 2 N–H and O–H groups in total. The molecular weight excluding hydrogens is 314 g/mol. The number of benzene rings is 2. The number of urea groups is 1. The summed E-state index contributed by atoms with van der Waals surface area (Å²) < 4.78 is 0. The summed E-state index contributed by atoms with van der Waals surface area (Å²) in [4.78, 5) is 16.8. The summed E-state index contributed by atoms with van der Waals surface area (Å²) in [5.41, 5.74) is 0.866. The maximum atomic E-state index is 12.6. The summed E-state index contributed by atoms with van der Waals surface area (Å²) in [6, 6.07) is 14.5. The van der Waals surface area contributed by atoms with Crippen LogP contribution in [0.5, 0.6) is 0 Å². The number of hydrogen-bond donors (Lipinski definition) is 2. The Labute approximate surface area is 149 Å². The lowest BCUT2D eigenvalue weighted by Crippen LogP contribution is -2.47. The summed E-state index contributed by atoms with van der Waals surface area (Å²) in [5, 5.41) is 14.2. The second kappa shape index (κ2) is 8.32. The summed E-state index contributed by atoms with van der Waals surface area (Å²) >= 11 is 0. The Balaban J connectivity index is 1.58. The first-order valence-corrected chi connectivity index (χ1v) is 9.04. The molecule has 0 unspecified atom stereocenters. The van der Waals surface area contributed by atoms with E-state index in [0.717, 1.165) is 55.4 Å². The standard InChI is InChI=1S/C20H27N3O2/c1-22(12-5-15-24)17-10-13-23(14-11-17)20(25)21-19-9-4-7-16-6-2-3-8-18(16)19/h2-4,6-9,17,24H,5,10-15H2,1H3,(H,21,25). The monoisotopic (exact) mass is 341 g/mol. The van der Waals surface area contributed by atoms with E-state index in [-0.39, 0.29) is 12.6 Å². The molecule has 2 aromatic carbocycles. The van der Waals surface area contributed by atoms with Gasteiger partial charge in [0.2, 0.25) is 0 Å². The van der Waals surface area contributed by atoms with Crippen molar-refractivity contribution in [1.82, 2.24) is 9.80 Å². The van der Waals surface area contributed by atoms with E-state index < -0.39 is 0 Å². The van der Waals surface area contributed by atoms with Gasteiger partial charge in [0, 0.05) is 37.7 Å². The molecule has 0 atom stereocenters. The van der Waals surface area contributed by atoms with Gasteiger partial charge in [0.15, 0.2) is 0 Å². The van der Waals surface area contributed by atoms with E-state index in [9.17, 15) is 4.79 Å². The van der Waals surface area contributed by atoms with Gasteiger partial charge in [0.05, 0.1) is 5.69 Å². The van der Waals surface area contributed by atoms with E-state index in [1.807, 2.05) is 35.2 Å². The lowest BCUT2D eigenvalue weighted by Gasteiger charge is -2.36. The molecule has 1 heterocycles. The quantitative estimate of drug-likeness (QED) is 0.878. The molecular formula is C20H27N3O2. The minimum Gasteiger partial charge on any atom is -0.396 e.